The summed E-state index contributed by atoms with van der Waals surface area (Å²) in [7, 11) is 1.65. The van der Waals surface area contributed by atoms with Crippen molar-refractivity contribution in [3.05, 3.63) is 0 Å². The van der Waals surface area contributed by atoms with Crippen LogP contribution in [-0.2, 0) is 14.2 Å². The van der Waals surface area contributed by atoms with Crippen LogP contribution in [0.4, 0.5) is 0 Å². The highest BCUT2D eigenvalue weighted by atomic mass is 16.5. The van der Waals surface area contributed by atoms with Crippen molar-refractivity contribution < 1.29 is 19.4 Å². The fraction of sp³-hybridized carbons (Fsp3) is 0.929. The number of hydrogen-bond acceptors (Lipinski definition) is 6. The van der Waals surface area contributed by atoms with E-state index in [1.807, 2.05) is 0 Å². The van der Waals surface area contributed by atoms with Gasteiger partial charge >= 0.3 is 0 Å². The Morgan fingerprint density at radius 1 is 1.10 bits per heavy atom. The highest BCUT2D eigenvalue weighted by molar-refractivity contribution is 5.79. The molecule has 0 atom stereocenters. The molecule has 0 amide bonds. The minimum atomic E-state index is 0.260. The normalized spacial score (nSPS) is 12.5. The van der Waals surface area contributed by atoms with Crippen LogP contribution in [0.2, 0.25) is 0 Å². The predicted molar refractivity (Wildman–Crippen MR) is 82.8 cm³/mol. The van der Waals surface area contributed by atoms with Crippen molar-refractivity contribution in [3.63, 3.8) is 0 Å². The molecule has 0 aliphatic heterocycles. The molecule has 0 aliphatic rings. The summed E-state index contributed by atoms with van der Waals surface area (Å²) in [4.78, 5) is 2.26. The summed E-state index contributed by atoms with van der Waals surface area (Å²) in [6.07, 6.45) is 0.559. The van der Waals surface area contributed by atoms with E-state index in [-0.39, 0.29) is 5.84 Å². The maximum Gasteiger partial charge on any atom is 0.140 e. The van der Waals surface area contributed by atoms with Crippen LogP contribution in [0.1, 0.15) is 20.3 Å². The molecule has 0 spiro atoms. The molecule has 0 saturated heterocycles. The Labute approximate surface area is 128 Å². The van der Waals surface area contributed by atoms with Gasteiger partial charge in [0.1, 0.15) is 5.84 Å². The first-order valence-corrected chi connectivity index (χ1v) is 7.43. The summed E-state index contributed by atoms with van der Waals surface area (Å²) >= 11 is 0. The first-order chi connectivity index (χ1) is 10.1. The second-order valence-corrected chi connectivity index (χ2v) is 5.25. The highest BCUT2D eigenvalue weighted by Crippen LogP contribution is 2.00. The number of nitrogens with two attached hydrogens (primary N) is 1. The number of ether oxygens (including phenoxy) is 3. The maximum atomic E-state index is 8.56. The van der Waals surface area contributed by atoms with E-state index in [0.717, 1.165) is 19.6 Å². The van der Waals surface area contributed by atoms with Crippen LogP contribution in [0.15, 0.2) is 5.16 Å². The van der Waals surface area contributed by atoms with Crippen molar-refractivity contribution in [2.75, 3.05) is 59.8 Å². The molecule has 0 radical (unpaired) electrons. The Hall–Kier alpha value is -0.890. The molecule has 0 aromatic heterocycles. The standard InChI is InChI=1S/C14H31N3O4/c1-13(2)12-17(5-4-14(15)16-18)6-7-20-10-11-21-9-8-19-3/h13,18H,4-12H2,1-3H3,(H2,15,16). The fourth-order valence-corrected chi connectivity index (χ4v) is 1.79. The molecule has 0 saturated carbocycles. The van der Waals surface area contributed by atoms with E-state index in [0.29, 0.717) is 45.4 Å². The van der Waals surface area contributed by atoms with Crippen molar-refractivity contribution in [3.8, 4) is 0 Å². The van der Waals surface area contributed by atoms with Crippen molar-refractivity contribution in [2.24, 2.45) is 16.8 Å². The first-order valence-electron chi connectivity index (χ1n) is 7.43. The minimum absolute atomic E-state index is 0.260. The Morgan fingerprint density at radius 3 is 2.29 bits per heavy atom. The van der Waals surface area contributed by atoms with Gasteiger partial charge in [-0.15, -0.1) is 0 Å². The average molecular weight is 305 g/mol. The molecular formula is C14H31N3O4. The van der Waals surface area contributed by atoms with E-state index in [2.05, 4.69) is 23.9 Å². The molecule has 0 rings (SSSR count). The van der Waals surface area contributed by atoms with E-state index in [4.69, 9.17) is 25.2 Å². The molecule has 0 aromatic carbocycles. The molecule has 7 nitrogen and oxygen atoms in total. The zero-order valence-corrected chi connectivity index (χ0v) is 13.6. The number of nitrogens with zero attached hydrogens (tertiary/aromatic N) is 2. The van der Waals surface area contributed by atoms with E-state index in [1.54, 1.807) is 7.11 Å². The molecule has 0 heterocycles. The molecule has 0 aliphatic carbocycles. The SMILES string of the molecule is COCCOCCOCCN(CCC(N)=NO)CC(C)C. The Bertz CT molecular complexity index is 263. The van der Waals surface area contributed by atoms with Crippen LogP contribution in [-0.4, -0.2) is 75.7 Å². The lowest BCUT2D eigenvalue weighted by Crippen LogP contribution is -2.34. The average Bonchev–Trinajstić information content (AvgIpc) is 2.46. The lowest BCUT2D eigenvalue weighted by molar-refractivity contribution is 0.0190. The van der Waals surface area contributed by atoms with Gasteiger partial charge in [-0.2, -0.15) is 0 Å². The Morgan fingerprint density at radius 2 is 1.71 bits per heavy atom. The monoisotopic (exact) mass is 305 g/mol. The molecule has 126 valence electrons. The number of methoxy groups -OCH3 is 1. The lowest BCUT2D eigenvalue weighted by Gasteiger charge is -2.23. The van der Waals surface area contributed by atoms with E-state index in [1.165, 1.54) is 0 Å². The number of amidine groups is 1. The lowest BCUT2D eigenvalue weighted by atomic mass is 10.2. The third kappa shape index (κ3) is 13.8. The van der Waals surface area contributed by atoms with E-state index in [9.17, 15) is 0 Å². The Balaban J connectivity index is 3.70. The van der Waals surface area contributed by atoms with Gasteiger partial charge in [0, 0.05) is 33.2 Å². The first kappa shape index (κ1) is 20.1. The van der Waals surface area contributed by atoms with Crippen LogP contribution < -0.4 is 5.73 Å². The van der Waals surface area contributed by atoms with Crippen LogP contribution in [0.25, 0.3) is 0 Å². The minimum Gasteiger partial charge on any atom is -0.409 e. The highest BCUT2D eigenvalue weighted by Gasteiger charge is 2.08. The summed E-state index contributed by atoms with van der Waals surface area (Å²) in [6.45, 7) is 9.91. The number of hydrogen-bond donors (Lipinski definition) is 2. The third-order valence-electron chi connectivity index (χ3n) is 2.79. The summed E-state index contributed by atoms with van der Waals surface area (Å²) in [5.41, 5.74) is 5.50. The number of oxime groups is 1. The van der Waals surface area contributed by atoms with Gasteiger partial charge in [0.2, 0.25) is 0 Å². The third-order valence-corrected chi connectivity index (χ3v) is 2.79. The van der Waals surface area contributed by atoms with Gasteiger partial charge < -0.3 is 30.1 Å². The van der Waals surface area contributed by atoms with Gasteiger partial charge in [-0.1, -0.05) is 19.0 Å². The summed E-state index contributed by atoms with van der Waals surface area (Å²) < 4.78 is 15.7. The summed E-state index contributed by atoms with van der Waals surface area (Å²) in [5.74, 6) is 0.825. The van der Waals surface area contributed by atoms with Crippen LogP contribution in [0.5, 0.6) is 0 Å². The number of rotatable bonds is 14. The van der Waals surface area contributed by atoms with E-state index < -0.39 is 0 Å². The van der Waals surface area contributed by atoms with E-state index >= 15 is 0 Å². The molecular weight excluding hydrogens is 274 g/mol. The summed E-state index contributed by atoms with van der Waals surface area (Å²) in [6, 6.07) is 0. The zero-order chi connectivity index (χ0) is 15.9. The van der Waals surface area contributed by atoms with Crippen LogP contribution in [0, 0.1) is 5.92 Å². The van der Waals surface area contributed by atoms with Crippen LogP contribution in [0.3, 0.4) is 0 Å². The molecule has 3 N–H and O–H groups in total. The molecule has 0 unspecified atom stereocenters. The Kier molecular flexibility index (Phi) is 13.5. The van der Waals surface area contributed by atoms with Gasteiger partial charge in [-0.25, -0.2) is 0 Å². The van der Waals surface area contributed by atoms with Gasteiger partial charge in [0.15, 0.2) is 0 Å². The fourth-order valence-electron chi connectivity index (χ4n) is 1.79. The summed E-state index contributed by atoms with van der Waals surface area (Å²) in [5, 5.41) is 11.6. The van der Waals surface area contributed by atoms with Gasteiger partial charge in [0.25, 0.3) is 0 Å². The zero-order valence-electron chi connectivity index (χ0n) is 13.6. The van der Waals surface area contributed by atoms with Gasteiger partial charge in [0.05, 0.1) is 33.0 Å². The largest absolute Gasteiger partial charge is 0.409 e. The second kappa shape index (κ2) is 14.1. The van der Waals surface area contributed by atoms with Gasteiger partial charge in [-0.3, -0.25) is 0 Å². The van der Waals surface area contributed by atoms with Crippen molar-refractivity contribution in [1.29, 1.82) is 0 Å². The topological polar surface area (TPSA) is 89.5 Å². The molecule has 21 heavy (non-hydrogen) atoms. The van der Waals surface area contributed by atoms with Crippen LogP contribution >= 0.6 is 0 Å². The predicted octanol–water partition coefficient (Wildman–Crippen LogP) is 0.761. The van der Waals surface area contributed by atoms with Crippen molar-refractivity contribution >= 4 is 5.84 Å². The van der Waals surface area contributed by atoms with Crippen molar-refractivity contribution in [2.45, 2.75) is 20.3 Å². The molecule has 0 bridgehead atoms. The quantitative estimate of drug-likeness (QED) is 0.162. The molecule has 0 fully saturated rings. The smallest absolute Gasteiger partial charge is 0.140 e. The molecule has 7 heteroatoms. The van der Waals surface area contributed by atoms with Crippen molar-refractivity contribution in [1.82, 2.24) is 4.90 Å². The second-order valence-electron chi connectivity index (χ2n) is 5.25. The maximum absolute atomic E-state index is 8.56. The van der Waals surface area contributed by atoms with Gasteiger partial charge in [-0.05, 0) is 5.92 Å². The molecule has 0 aromatic rings.